The Kier molecular flexibility index (Phi) is 4.29. The Morgan fingerprint density at radius 3 is 2.62 bits per heavy atom. The van der Waals surface area contributed by atoms with Gasteiger partial charge in [0.2, 0.25) is 5.91 Å². The quantitative estimate of drug-likeness (QED) is 0.853. The van der Waals surface area contributed by atoms with Crippen molar-refractivity contribution in [3.8, 4) is 0 Å². The Morgan fingerprint density at radius 1 is 1.38 bits per heavy atom. The molecule has 116 valence electrons. The molecule has 1 aromatic heterocycles. The minimum Gasteiger partial charge on any atom is -0.449 e. The fraction of sp³-hybridized carbons (Fsp3) is 0.750. The summed E-state index contributed by atoms with van der Waals surface area (Å²) in [7, 11) is 1.99. The number of aromatic nitrogens is 1. The molecule has 0 bridgehead atoms. The van der Waals surface area contributed by atoms with Crippen molar-refractivity contribution in [1.82, 2.24) is 14.8 Å². The van der Waals surface area contributed by atoms with Crippen molar-refractivity contribution >= 4 is 5.91 Å². The highest BCUT2D eigenvalue weighted by molar-refractivity contribution is 5.79. The van der Waals surface area contributed by atoms with E-state index in [9.17, 15) is 4.79 Å². The molecule has 0 aromatic carbocycles. The maximum absolute atomic E-state index is 12.3. The van der Waals surface area contributed by atoms with Crippen LogP contribution in [0.3, 0.4) is 0 Å². The molecule has 21 heavy (non-hydrogen) atoms. The van der Waals surface area contributed by atoms with Crippen molar-refractivity contribution in [1.29, 1.82) is 0 Å². The van der Waals surface area contributed by atoms with Gasteiger partial charge in [-0.1, -0.05) is 6.42 Å². The number of aryl methyl sites for hydroxylation is 1. The van der Waals surface area contributed by atoms with Crippen molar-refractivity contribution < 1.29 is 9.21 Å². The van der Waals surface area contributed by atoms with E-state index in [2.05, 4.69) is 9.88 Å². The van der Waals surface area contributed by atoms with E-state index in [-0.39, 0.29) is 0 Å². The fourth-order valence-corrected chi connectivity index (χ4v) is 3.30. The Labute approximate surface area is 126 Å². The molecule has 1 saturated carbocycles. The molecule has 1 aliphatic carbocycles. The minimum atomic E-state index is 0.311. The Bertz CT molecular complexity index is 487. The van der Waals surface area contributed by atoms with E-state index in [1.807, 2.05) is 18.9 Å². The molecule has 1 amide bonds. The van der Waals surface area contributed by atoms with Gasteiger partial charge < -0.3 is 9.32 Å². The largest absolute Gasteiger partial charge is 0.449 e. The van der Waals surface area contributed by atoms with Gasteiger partial charge in [0.25, 0.3) is 0 Å². The van der Waals surface area contributed by atoms with Crippen LogP contribution in [0.5, 0.6) is 0 Å². The zero-order valence-electron chi connectivity index (χ0n) is 13.0. The molecule has 2 heterocycles. The predicted molar refractivity (Wildman–Crippen MR) is 79.7 cm³/mol. The van der Waals surface area contributed by atoms with Gasteiger partial charge >= 0.3 is 0 Å². The van der Waals surface area contributed by atoms with E-state index in [1.165, 1.54) is 6.42 Å². The topological polar surface area (TPSA) is 49.6 Å². The summed E-state index contributed by atoms with van der Waals surface area (Å²) in [6, 6.07) is 0.411. The third kappa shape index (κ3) is 3.28. The monoisotopic (exact) mass is 291 g/mol. The van der Waals surface area contributed by atoms with Crippen LogP contribution in [0.2, 0.25) is 0 Å². The lowest BCUT2D eigenvalue weighted by atomic mass is 9.84. The molecule has 1 aromatic rings. The van der Waals surface area contributed by atoms with Crippen LogP contribution in [0, 0.1) is 12.8 Å². The van der Waals surface area contributed by atoms with Crippen LogP contribution in [-0.2, 0) is 11.3 Å². The summed E-state index contributed by atoms with van der Waals surface area (Å²) in [6.45, 7) is 4.78. The molecule has 0 spiro atoms. The second-order valence-electron chi connectivity index (χ2n) is 6.44. The highest BCUT2D eigenvalue weighted by Crippen LogP contribution is 2.29. The summed E-state index contributed by atoms with van der Waals surface area (Å²) in [4.78, 5) is 21.1. The molecule has 3 rings (SSSR count). The first-order chi connectivity index (χ1) is 10.1. The third-order valence-electron chi connectivity index (χ3n) is 4.96. The second-order valence-corrected chi connectivity index (χ2v) is 6.44. The molecule has 0 N–H and O–H groups in total. The SMILES string of the molecule is Cc1nc(CN2CCC(N(C)C(=O)C3CCC3)CC2)co1. The average Bonchev–Trinajstić information content (AvgIpc) is 2.82. The van der Waals surface area contributed by atoms with Crippen LogP contribution in [0.15, 0.2) is 10.7 Å². The van der Waals surface area contributed by atoms with Gasteiger partial charge in [-0.15, -0.1) is 0 Å². The first-order valence-corrected chi connectivity index (χ1v) is 8.03. The predicted octanol–water partition coefficient (Wildman–Crippen LogP) is 2.21. The van der Waals surface area contributed by atoms with E-state index in [0.717, 1.165) is 56.9 Å². The van der Waals surface area contributed by atoms with Crippen molar-refractivity contribution in [2.75, 3.05) is 20.1 Å². The van der Waals surface area contributed by atoms with Gasteiger partial charge in [-0.3, -0.25) is 9.69 Å². The van der Waals surface area contributed by atoms with Crippen LogP contribution in [-0.4, -0.2) is 46.9 Å². The van der Waals surface area contributed by atoms with Crippen molar-refractivity contribution in [3.63, 3.8) is 0 Å². The second kappa shape index (κ2) is 6.18. The summed E-state index contributed by atoms with van der Waals surface area (Å²) >= 11 is 0. The van der Waals surface area contributed by atoms with E-state index in [0.29, 0.717) is 17.9 Å². The number of amides is 1. The van der Waals surface area contributed by atoms with Crippen LogP contribution in [0.4, 0.5) is 0 Å². The molecule has 2 aliphatic rings. The Morgan fingerprint density at radius 2 is 2.10 bits per heavy atom. The molecule has 5 nitrogen and oxygen atoms in total. The van der Waals surface area contributed by atoms with Crippen LogP contribution >= 0.6 is 0 Å². The summed E-state index contributed by atoms with van der Waals surface area (Å²) < 4.78 is 5.25. The number of nitrogens with zero attached hydrogens (tertiary/aromatic N) is 3. The molecule has 1 aliphatic heterocycles. The molecule has 0 radical (unpaired) electrons. The zero-order chi connectivity index (χ0) is 14.8. The van der Waals surface area contributed by atoms with Gasteiger partial charge in [-0.2, -0.15) is 0 Å². The number of hydrogen-bond acceptors (Lipinski definition) is 4. The summed E-state index contributed by atoms with van der Waals surface area (Å²) in [6.07, 6.45) is 7.27. The van der Waals surface area contributed by atoms with Crippen LogP contribution < -0.4 is 0 Å². The van der Waals surface area contributed by atoms with Gasteiger partial charge in [-0.05, 0) is 25.7 Å². The van der Waals surface area contributed by atoms with Crippen molar-refractivity contribution in [3.05, 3.63) is 17.8 Å². The van der Waals surface area contributed by atoms with Gasteiger partial charge in [-0.25, -0.2) is 4.98 Å². The van der Waals surface area contributed by atoms with Crippen LogP contribution in [0.25, 0.3) is 0 Å². The standard InChI is InChI=1S/C16H25N3O2/c1-12-17-14(11-21-12)10-19-8-6-15(7-9-19)18(2)16(20)13-4-3-5-13/h11,13,15H,3-10H2,1-2H3. The molecule has 2 fully saturated rings. The van der Waals surface area contributed by atoms with Crippen molar-refractivity contribution in [2.45, 2.75) is 51.6 Å². The molecule has 0 unspecified atom stereocenters. The number of likely N-dealkylation sites (tertiary alicyclic amines) is 1. The number of rotatable bonds is 4. The first-order valence-electron chi connectivity index (χ1n) is 8.03. The minimum absolute atomic E-state index is 0.311. The molecular formula is C16H25N3O2. The highest BCUT2D eigenvalue weighted by atomic mass is 16.3. The lowest BCUT2D eigenvalue weighted by molar-refractivity contribution is -0.139. The third-order valence-corrected chi connectivity index (χ3v) is 4.96. The number of piperidine rings is 1. The fourth-order valence-electron chi connectivity index (χ4n) is 3.30. The summed E-state index contributed by atoms with van der Waals surface area (Å²) in [5.74, 6) is 1.41. The Balaban J connectivity index is 1.47. The van der Waals surface area contributed by atoms with E-state index < -0.39 is 0 Å². The zero-order valence-corrected chi connectivity index (χ0v) is 13.0. The maximum atomic E-state index is 12.3. The van der Waals surface area contributed by atoms with E-state index in [1.54, 1.807) is 6.26 Å². The first kappa shape index (κ1) is 14.6. The van der Waals surface area contributed by atoms with E-state index in [4.69, 9.17) is 4.42 Å². The van der Waals surface area contributed by atoms with Crippen LogP contribution in [0.1, 0.15) is 43.7 Å². The lowest BCUT2D eigenvalue weighted by Gasteiger charge is -2.39. The average molecular weight is 291 g/mol. The normalized spacial score (nSPS) is 21.2. The van der Waals surface area contributed by atoms with Gasteiger partial charge in [0.15, 0.2) is 5.89 Å². The van der Waals surface area contributed by atoms with E-state index >= 15 is 0 Å². The number of carbonyl (C=O) groups is 1. The lowest BCUT2D eigenvalue weighted by Crippen LogP contribution is -2.48. The summed E-state index contributed by atoms with van der Waals surface area (Å²) in [5, 5.41) is 0. The number of oxazole rings is 1. The number of hydrogen-bond donors (Lipinski definition) is 0. The number of carbonyl (C=O) groups excluding carboxylic acids is 1. The van der Waals surface area contributed by atoms with Gasteiger partial charge in [0.05, 0.1) is 5.69 Å². The Hall–Kier alpha value is -1.36. The molecule has 1 saturated heterocycles. The summed E-state index contributed by atoms with van der Waals surface area (Å²) in [5.41, 5.74) is 1.00. The highest BCUT2D eigenvalue weighted by Gasteiger charge is 2.32. The van der Waals surface area contributed by atoms with Gasteiger partial charge in [0, 0.05) is 45.6 Å². The van der Waals surface area contributed by atoms with Crippen molar-refractivity contribution in [2.24, 2.45) is 5.92 Å². The molecule has 5 heteroatoms. The molecule has 0 atom stereocenters. The maximum Gasteiger partial charge on any atom is 0.225 e. The molecular weight excluding hydrogens is 266 g/mol. The van der Waals surface area contributed by atoms with Gasteiger partial charge in [0.1, 0.15) is 6.26 Å². The smallest absolute Gasteiger partial charge is 0.225 e.